The van der Waals surface area contributed by atoms with Gasteiger partial charge in [0.1, 0.15) is 5.56 Å². The lowest BCUT2D eigenvalue weighted by atomic mass is 10.2. The number of methoxy groups -OCH3 is 1. The van der Waals surface area contributed by atoms with E-state index in [2.05, 4.69) is 9.72 Å². The van der Waals surface area contributed by atoms with Crippen molar-refractivity contribution in [2.24, 2.45) is 0 Å². The van der Waals surface area contributed by atoms with Crippen molar-refractivity contribution in [2.75, 3.05) is 12.9 Å². The number of carbonyl (C=O) groups is 1. The summed E-state index contributed by atoms with van der Waals surface area (Å²) in [6.45, 7) is 3.83. The van der Waals surface area contributed by atoms with E-state index in [1.54, 1.807) is 0 Å². The van der Waals surface area contributed by atoms with Crippen LogP contribution in [-0.2, 0) is 10.9 Å². The number of carbonyl (C=O) groups excluding carboxylic acids is 1. The van der Waals surface area contributed by atoms with Gasteiger partial charge in [0, 0.05) is 5.75 Å². The zero-order valence-electron chi connectivity index (χ0n) is 14.8. The number of esters is 1. The lowest BCUT2D eigenvalue weighted by Crippen LogP contribution is -2.28. The summed E-state index contributed by atoms with van der Waals surface area (Å²) in [6.07, 6.45) is -1.46. The van der Waals surface area contributed by atoms with Crippen LogP contribution in [0.15, 0.2) is 52.1 Å². The van der Waals surface area contributed by atoms with Crippen molar-refractivity contribution in [3.8, 4) is 5.69 Å². The zero-order valence-corrected chi connectivity index (χ0v) is 15.6. The number of aromatic nitrogens is 2. The SMILES string of the molecule is COC(=O)c1cnc(SCC=C(C)C)n(-c2ccc(C(F)(F)F)cc2)c1=O. The van der Waals surface area contributed by atoms with Gasteiger partial charge in [-0.3, -0.25) is 9.36 Å². The Balaban J connectivity index is 2.57. The monoisotopic (exact) mass is 398 g/mol. The minimum atomic E-state index is -4.49. The largest absolute Gasteiger partial charge is 0.465 e. The number of thioether (sulfide) groups is 1. The van der Waals surface area contributed by atoms with E-state index < -0.39 is 23.3 Å². The number of ether oxygens (including phenoxy) is 1. The van der Waals surface area contributed by atoms with E-state index in [-0.39, 0.29) is 16.4 Å². The van der Waals surface area contributed by atoms with Crippen LogP contribution in [0.4, 0.5) is 13.2 Å². The average molecular weight is 398 g/mol. The summed E-state index contributed by atoms with van der Waals surface area (Å²) in [7, 11) is 1.13. The molecule has 1 aromatic carbocycles. The predicted octanol–water partition coefficient (Wildman–Crippen LogP) is 4.10. The molecule has 0 spiro atoms. The Hall–Kier alpha value is -2.55. The fraction of sp³-hybridized carbons (Fsp3) is 0.278. The normalized spacial score (nSPS) is 11.2. The van der Waals surface area contributed by atoms with Gasteiger partial charge in [-0.15, -0.1) is 0 Å². The molecule has 0 unspecified atom stereocenters. The van der Waals surface area contributed by atoms with Gasteiger partial charge in [0.05, 0.1) is 24.6 Å². The van der Waals surface area contributed by atoms with Crippen LogP contribution >= 0.6 is 11.8 Å². The molecule has 0 N–H and O–H groups in total. The molecule has 0 aliphatic carbocycles. The van der Waals surface area contributed by atoms with Crippen molar-refractivity contribution >= 4 is 17.7 Å². The summed E-state index contributed by atoms with van der Waals surface area (Å²) in [5, 5.41) is 0.255. The Labute approximate surface area is 157 Å². The number of allylic oxidation sites excluding steroid dienone is 1. The fourth-order valence-electron chi connectivity index (χ4n) is 2.10. The van der Waals surface area contributed by atoms with E-state index in [0.717, 1.165) is 47.7 Å². The zero-order chi connectivity index (χ0) is 20.2. The minimum Gasteiger partial charge on any atom is -0.465 e. The van der Waals surface area contributed by atoms with Crippen LogP contribution in [0.2, 0.25) is 0 Å². The number of alkyl halides is 3. The smallest absolute Gasteiger partial charge is 0.416 e. The molecule has 144 valence electrons. The maximum absolute atomic E-state index is 12.8. The first-order valence-electron chi connectivity index (χ1n) is 7.79. The summed E-state index contributed by atoms with van der Waals surface area (Å²) in [6, 6.07) is 4.07. The van der Waals surface area contributed by atoms with Gasteiger partial charge < -0.3 is 4.74 Å². The highest BCUT2D eigenvalue weighted by molar-refractivity contribution is 7.99. The van der Waals surface area contributed by atoms with Crippen LogP contribution in [0.3, 0.4) is 0 Å². The van der Waals surface area contributed by atoms with E-state index in [9.17, 15) is 22.8 Å². The molecule has 0 radical (unpaired) electrons. The van der Waals surface area contributed by atoms with E-state index in [0.29, 0.717) is 5.75 Å². The van der Waals surface area contributed by atoms with Crippen LogP contribution in [0, 0.1) is 0 Å². The van der Waals surface area contributed by atoms with E-state index in [4.69, 9.17) is 0 Å². The second kappa shape index (κ2) is 8.43. The van der Waals surface area contributed by atoms with E-state index in [1.807, 2.05) is 19.9 Å². The van der Waals surface area contributed by atoms with Crippen molar-refractivity contribution < 1.29 is 22.7 Å². The Morgan fingerprint density at radius 3 is 2.41 bits per heavy atom. The van der Waals surface area contributed by atoms with Gasteiger partial charge in [0.2, 0.25) is 0 Å². The maximum atomic E-state index is 12.8. The van der Waals surface area contributed by atoms with Gasteiger partial charge in [-0.2, -0.15) is 13.2 Å². The number of rotatable bonds is 5. The van der Waals surface area contributed by atoms with Crippen molar-refractivity contribution in [1.29, 1.82) is 0 Å². The number of hydrogen-bond acceptors (Lipinski definition) is 5. The topological polar surface area (TPSA) is 61.2 Å². The van der Waals surface area contributed by atoms with Crippen LogP contribution in [-0.4, -0.2) is 28.4 Å². The van der Waals surface area contributed by atoms with Crippen LogP contribution < -0.4 is 5.56 Å². The second-order valence-corrected chi connectivity index (χ2v) is 6.71. The van der Waals surface area contributed by atoms with Crippen molar-refractivity contribution in [2.45, 2.75) is 25.2 Å². The Bertz CT molecular complexity index is 915. The predicted molar refractivity (Wildman–Crippen MR) is 96.3 cm³/mol. The highest BCUT2D eigenvalue weighted by atomic mass is 32.2. The Kier molecular flexibility index (Phi) is 6.48. The third-order valence-corrected chi connectivity index (χ3v) is 4.37. The molecule has 0 aliphatic rings. The van der Waals surface area contributed by atoms with Crippen LogP contribution in [0.5, 0.6) is 0 Å². The minimum absolute atomic E-state index is 0.172. The summed E-state index contributed by atoms with van der Waals surface area (Å²) in [5.41, 5.74) is -0.613. The van der Waals surface area contributed by atoms with Crippen LogP contribution in [0.1, 0.15) is 29.8 Å². The Morgan fingerprint density at radius 1 is 1.26 bits per heavy atom. The van der Waals surface area contributed by atoms with E-state index in [1.165, 1.54) is 11.8 Å². The molecule has 2 rings (SSSR count). The van der Waals surface area contributed by atoms with Gasteiger partial charge in [0.15, 0.2) is 5.16 Å². The number of nitrogens with zero attached hydrogens (tertiary/aromatic N) is 2. The lowest BCUT2D eigenvalue weighted by molar-refractivity contribution is -0.137. The van der Waals surface area contributed by atoms with Gasteiger partial charge in [-0.25, -0.2) is 9.78 Å². The molecule has 0 saturated heterocycles. The summed E-state index contributed by atoms with van der Waals surface area (Å²) in [5.74, 6) is -0.360. The second-order valence-electron chi connectivity index (χ2n) is 5.72. The first kappa shape index (κ1) is 20.8. The quantitative estimate of drug-likeness (QED) is 0.329. The van der Waals surface area contributed by atoms with Crippen molar-refractivity contribution in [3.63, 3.8) is 0 Å². The molecule has 27 heavy (non-hydrogen) atoms. The first-order valence-corrected chi connectivity index (χ1v) is 8.78. The molecule has 0 saturated carbocycles. The molecular formula is C18H17F3N2O3S. The number of hydrogen-bond donors (Lipinski definition) is 0. The molecule has 0 aliphatic heterocycles. The highest BCUT2D eigenvalue weighted by Gasteiger charge is 2.30. The first-order chi connectivity index (χ1) is 12.6. The van der Waals surface area contributed by atoms with Crippen molar-refractivity contribution in [3.05, 3.63) is 63.6 Å². The van der Waals surface area contributed by atoms with E-state index >= 15 is 0 Å². The summed E-state index contributed by atoms with van der Waals surface area (Å²) in [4.78, 5) is 28.6. The van der Waals surface area contributed by atoms with Crippen molar-refractivity contribution in [1.82, 2.24) is 9.55 Å². The van der Waals surface area contributed by atoms with Gasteiger partial charge in [-0.1, -0.05) is 23.4 Å². The van der Waals surface area contributed by atoms with Crippen LogP contribution in [0.25, 0.3) is 5.69 Å². The standard InChI is InChI=1S/C18H17F3N2O3S/c1-11(2)8-9-27-17-22-10-14(16(25)26-3)15(24)23(17)13-6-4-12(5-7-13)18(19,20)21/h4-8,10H,9H2,1-3H3. The molecule has 1 heterocycles. The number of halogens is 3. The fourth-order valence-corrected chi connectivity index (χ4v) is 3.11. The molecule has 0 bridgehead atoms. The molecule has 5 nitrogen and oxygen atoms in total. The summed E-state index contributed by atoms with van der Waals surface area (Å²) >= 11 is 1.22. The average Bonchev–Trinajstić information content (AvgIpc) is 2.60. The van der Waals surface area contributed by atoms with Gasteiger partial charge >= 0.3 is 12.1 Å². The molecule has 2 aromatic rings. The third kappa shape index (κ3) is 5.00. The maximum Gasteiger partial charge on any atom is 0.416 e. The van der Waals surface area contributed by atoms with Gasteiger partial charge in [-0.05, 0) is 38.1 Å². The number of benzene rings is 1. The van der Waals surface area contributed by atoms with Gasteiger partial charge in [0.25, 0.3) is 5.56 Å². The lowest BCUT2D eigenvalue weighted by Gasteiger charge is -2.13. The summed E-state index contributed by atoms with van der Waals surface area (Å²) < 4.78 is 44.0. The molecule has 0 amide bonds. The molecule has 0 fully saturated rings. The Morgan fingerprint density at radius 2 is 1.89 bits per heavy atom. The molecule has 0 atom stereocenters. The molecule has 9 heteroatoms. The third-order valence-electron chi connectivity index (χ3n) is 3.49. The molecule has 1 aromatic heterocycles. The molecular weight excluding hydrogens is 381 g/mol. The highest BCUT2D eigenvalue weighted by Crippen LogP contribution is 2.30.